The van der Waals surface area contributed by atoms with Gasteiger partial charge in [0.2, 0.25) is 0 Å². The van der Waals surface area contributed by atoms with Gasteiger partial charge in [-0.1, -0.05) is 13.8 Å². The van der Waals surface area contributed by atoms with E-state index in [0.717, 1.165) is 18.4 Å². The van der Waals surface area contributed by atoms with Crippen molar-refractivity contribution in [2.24, 2.45) is 11.8 Å². The van der Waals surface area contributed by atoms with E-state index in [0.29, 0.717) is 0 Å². The van der Waals surface area contributed by atoms with Crippen LogP contribution in [-0.2, 0) is 6.54 Å². The number of rotatable bonds is 3. The number of hydrogen-bond acceptors (Lipinski definition) is 2. The molecular weight excluding hydrogens is 184 g/mol. The second-order valence-corrected chi connectivity index (χ2v) is 5.02. The predicted molar refractivity (Wildman–Crippen MR) is 62.6 cm³/mol. The molecule has 0 atom stereocenters. The molecule has 0 N–H and O–H groups in total. The first-order valence-corrected chi connectivity index (χ1v) is 5.79. The summed E-state index contributed by atoms with van der Waals surface area (Å²) in [4.78, 5) is 6.87. The summed E-state index contributed by atoms with van der Waals surface area (Å²) in [5.74, 6) is 1.72. The van der Waals surface area contributed by atoms with E-state index in [1.54, 1.807) is 0 Å². The van der Waals surface area contributed by atoms with Crippen LogP contribution >= 0.6 is 0 Å². The predicted octanol–water partition coefficient (Wildman–Crippen LogP) is 2.48. The quantitative estimate of drug-likeness (QED) is 0.752. The molecule has 1 aromatic heterocycles. The topological polar surface area (TPSA) is 16.1 Å². The van der Waals surface area contributed by atoms with Crippen LogP contribution in [0, 0.1) is 18.8 Å². The lowest BCUT2D eigenvalue weighted by molar-refractivity contribution is 0.0603. The lowest BCUT2D eigenvalue weighted by Gasteiger charge is -2.41. The number of nitrogens with zero attached hydrogens (tertiary/aromatic N) is 2. The van der Waals surface area contributed by atoms with Crippen molar-refractivity contribution in [3.63, 3.8) is 0 Å². The van der Waals surface area contributed by atoms with Crippen molar-refractivity contribution < 1.29 is 0 Å². The molecule has 0 aliphatic carbocycles. The average Bonchev–Trinajstić information content (AvgIpc) is 2.10. The van der Waals surface area contributed by atoms with Gasteiger partial charge in [-0.3, -0.25) is 9.88 Å². The minimum Gasteiger partial charge on any atom is -0.297 e. The Labute approximate surface area is 92.3 Å². The SMILES string of the molecule is Cc1ccnc(CN2CC(C(C)C)C2)c1. The summed E-state index contributed by atoms with van der Waals surface area (Å²) >= 11 is 0. The van der Waals surface area contributed by atoms with Gasteiger partial charge in [0.15, 0.2) is 0 Å². The molecule has 0 bridgehead atoms. The lowest BCUT2D eigenvalue weighted by Crippen LogP contribution is -2.48. The average molecular weight is 204 g/mol. The van der Waals surface area contributed by atoms with Crippen LogP contribution in [0.2, 0.25) is 0 Å². The fourth-order valence-electron chi connectivity index (χ4n) is 2.07. The van der Waals surface area contributed by atoms with E-state index in [1.165, 1.54) is 24.3 Å². The Morgan fingerprint density at radius 1 is 1.47 bits per heavy atom. The summed E-state index contributed by atoms with van der Waals surface area (Å²) in [5, 5.41) is 0. The van der Waals surface area contributed by atoms with Crippen LogP contribution in [0.1, 0.15) is 25.1 Å². The van der Waals surface area contributed by atoms with Crippen molar-refractivity contribution in [1.82, 2.24) is 9.88 Å². The Bertz CT molecular complexity index is 327. The molecule has 0 saturated carbocycles. The first-order valence-electron chi connectivity index (χ1n) is 5.79. The number of aromatic nitrogens is 1. The maximum atomic E-state index is 4.39. The fraction of sp³-hybridized carbons (Fsp3) is 0.615. The molecule has 0 amide bonds. The van der Waals surface area contributed by atoms with Crippen molar-refractivity contribution in [1.29, 1.82) is 0 Å². The highest BCUT2D eigenvalue weighted by molar-refractivity contribution is 5.14. The largest absolute Gasteiger partial charge is 0.297 e. The molecule has 1 aromatic rings. The summed E-state index contributed by atoms with van der Waals surface area (Å²) in [6, 6.07) is 4.24. The normalized spacial score (nSPS) is 18.1. The number of likely N-dealkylation sites (tertiary alicyclic amines) is 1. The summed E-state index contributed by atoms with van der Waals surface area (Å²) in [6.07, 6.45) is 1.91. The molecule has 2 heterocycles. The molecular formula is C13H20N2. The molecule has 2 heteroatoms. The van der Waals surface area contributed by atoms with E-state index in [1.807, 2.05) is 6.20 Å². The maximum absolute atomic E-state index is 4.39. The van der Waals surface area contributed by atoms with Crippen LogP contribution in [0.15, 0.2) is 18.3 Å². The molecule has 2 nitrogen and oxygen atoms in total. The smallest absolute Gasteiger partial charge is 0.0546 e. The Balaban J connectivity index is 1.85. The summed E-state index contributed by atoms with van der Waals surface area (Å²) < 4.78 is 0. The second-order valence-electron chi connectivity index (χ2n) is 5.02. The van der Waals surface area contributed by atoms with Gasteiger partial charge in [0.1, 0.15) is 0 Å². The van der Waals surface area contributed by atoms with Gasteiger partial charge in [-0.15, -0.1) is 0 Å². The minimum atomic E-state index is 0.826. The van der Waals surface area contributed by atoms with Crippen LogP contribution in [-0.4, -0.2) is 23.0 Å². The van der Waals surface area contributed by atoms with Crippen molar-refractivity contribution in [2.75, 3.05) is 13.1 Å². The number of pyridine rings is 1. The lowest BCUT2D eigenvalue weighted by atomic mass is 9.88. The first-order chi connectivity index (χ1) is 7.15. The minimum absolute atomic E-state index is 0.826. The summed E-state index contributed by atoms with van der Waals surface area (Å²) in [7, 11) is 0. The maximum Gasteiger partial charge on any atom is 0.0546 e. The van der Waals surface area contributed by atoms with E-state index in [2.05, 4.69) is 42.8 Å². The van der Waals surface area contributed by atoms with Crippen molar-refractivity contribution in [2.45, 2.75) is 27.3 Å². The van der Waals surface area contributed by atoms with Gasteiger partial charge >= 0.3 is 0 Å². The van der Waals surface area contributed by atoms with E-state index in [4.69, 9.17) is 0 Å². The van der Waals surface area contributed by atoms with Crippen molar-refractivity contribution in [3.05, 3.63) is 29.6 Å². The summed E-state index contributed by atoms with van der Waals surface area (Å²) in [6.45, 7) is 10.3. The molecule has 1 fully saturated rings. The van der Waals surface area contributed by atoms with Crippen LogP contribution < -0.4 is 0 Å². The van der Waals surface area contributed by atoms with E-state index in [9.17, 15) is 0 Å². The van der Waals surface area contributed by atoms with Gasteiger partial charge in [-0.25, -0.2) is 0 Å². The Kier molecular flexibility index (Phi) is 3.06. The van der Waals surface area contributed by atoms with Crippen LogP contribution in [0.3, 0.4) is 0 Å². The van der Waals surface area contributed by atoms with E-state index >= 15 is 0 Å². The molecule has 0 aromatic carbocycles. The Hall–Kier alpha value is -0.890. The van der Waals surface area contributed by atoms with Gasteiger partial charge < -0.3 is 0 Å². The zero-order valence-electron chi connectivity index (χ0n) is 9.90. The molecule has 0 radical (unpaired) electrons. The number of hydrogen-bond donors (Lipinski definition) is 0. The molecule has 0 spiro atoms. The second kappa shape index (κ2) is 4.31. The monoisotopic (exact) mass is 204 g/mol. The molecule has 1 aliphatic heterocycles. The van der Waals surface area contributed by atoms with Gasteiger partial charge in [-0.05, 0) is 36.5 Å². The van der Waals surface area contributed by atoms with Gasteiger partial charge in [0.25, 0.3) is 0 Å². The number of aryl methyl sites for hydroxylation is 1. The molecule has 2 rings (SSSR count). The fourth-order valence-corrected chi connectivity index (χ4v) is 2.07. The third-order valence-corrected chi connectivity index (χ3v) is 3.29. The van der Waals surface area contributed by atoms with Crippen molar-refractivity contribution in [3.8, 4) is 0 Å². The zero-order chi connectivity index (χ0) is 10.8. The Morgan fingerprint density at radius 3 is 2.80 bits per heavy atom. The molecule has 15 heavy (non-hydrogen) atoms. The molecule has 1 aliphatic rings. The molecule has 1 saturated heterocycles. The highest BCUT2D eigenvalue weighted by Crippen LogP contribution is 2.24. The van der Waals surface area contributed by atoms with Crippen LogP contribution in [0.25, 0.3) is 0 Å². The highest BCUT2D eigenvalue weighted by Gasteiger charge is 2.28. The van der Waals surface area contributed by atoms with Gasteiger partial charge in [0.05, 0.1) is 5.69 Å². The van der Waals surface area contributed by atoms with Crippen LogP contribution in [0.4, 0.5) is 0 Å². The van der Waals surface area contributed by atoms with Crippen molar-refractivity contribution >= 4 is 0 Å². The highest BCUT2D eigenvalue weighted by atomic mass is 15.2. The van der Waals surface area contributed by atoms with Crippen LogP contribution in [0.5, 0.6) is 0 Å². The Morgan fingerprint density at radius 2 is 2.20 bits per heavy atom. The van der Waals surface area contributed by atoms with Gasteiger partial charge in [-0.2, -0.15) is 0 Å². The summed E-state index contributed by atoms with van der Waals surface area (Å²) in [5.41, 5.74) is 2.51. The van der Waals surface area contributed by atoms with Gasteiger partial charge in [0, 0.05) is 25.8 Å². The van der Waals surface area contributed by atoms with E-state index < -0.39 is 0 Å². The third-order valence-electron chi connectivity index (χ3n) is 3.29. The van der Waals surface area contributed by atoms with E-state index in [-0.39, 0.29) is 0 Å². The third kappa shape index (κ3) is 2.57. The molecule has 0 unspecified atom stereocenters. The molecule has 82 valence electrons. The zero-order valence-corrected chi connectivity index (χ0v) is 9.90. The standard InChI is InChI=1S/C13H20N2/c1-10(2)12-7-15(8-12)9-13-6-11(3)4-5-14-13/h4-6,10,12H,7-9H2,1-3H3. The first kappa shape index (κ1) is 10.6.